The zero-order valence-electron chi connectivity index (χ0n) is 16.9. The predicted octanol–water partition coefficient (Wildman–Crippen LogP) is -1.91. The van der Waals surface area contributed by atoms with Gasteiger partial charge in [0.05, 0.1) is 0 Å². The van der Waals surface area contributed by atoms with E-state index in [1.807, 2.05) is 27.7 Å². The van der Waals surface area contributed by atoms with Crippen LogP contribution in [0.5, 0.6) is 0 Å². The van der Waals surface area contributed by atoms with Crippen molar-refractivity contribution in [2.75, 3.05) is 0 Å². The molecule has 0 bridgehead atoms. The molecular formula is C17H25Li2N3O3. The second kappa shape index (κ2) is 10.9. The van der Waals surface area contributed by atoms with Gasteiger partial charge in [0.25, 0.3) is 0 Å². The maximum atomic E-state index is 12.5. The SMILES string of the molecule is CC(C)N(C(=O)c1c[c-]c([N-]C(=O)OC(C)(C)C)cn1)C(C)C.[Li+].[Li+]. The van der Waals surface area contributed by atoms with Crippen molar-refractivity contribution in [1.29, 1.82) is 0 Å². The van der Waals surface area contributed by atoms with Crippen molar-refractivity contribution in [3.63, 3.8) is 0 Å². The molecule has 1 aromatic heterocycles. The zero-order valence-corrected chi connectivity index (χ0v) is 16.9. The second-order valence-electron chi connectivity index (χ2n) is 6.81. The van der Waals surface area contributed by atoms with E-state index in [9.17, 15) is 9.59 Å². The molecule has 0 fully saturated rings. The maximum Gasteiger partial charge on any atom is 1.00 e. The van der Waals surface area contributed by atoms with E-state index < -0.39 is 11.7 Å². The quantitative estimate of drug-likeness (QED) is 0.476. The fourth-order valence-electron chi connectivity index (χ4n) is 2.11. The van der Waals surface area contributed by atoms with E-state index in [4.69, 9.17) is 4.74 Å². The van der Waals surface area contributed by atoms with Crippen LogP contribution in [-0.2, 0) is 4.74 Å². The summed E-state index contributed by atoms with van der Waals surface area (Å²) in [5.74, 6) is -0.171. The van der Waals surface area contributed by atoms with Gasteiger partial charge in [0.15, 0.2) is 0 Å². The molecule has 1 aromatic rings. The van der Waals surface area contributed by atoms with Gasteiger partial charge in [-0.05, 0) is 48.5 Å². The Kier molecular flexibility index (Phi) is 11.5. The van der Waals surface area contributed by atoms with E-state index in [0.29, 0.717) is 0 Å². The number of rotatable bonds is 4. The molecule has 0 saturated heterocycles. The fraction of sp³-hybridized carbons (Fsp3) is 0.588. The Morgan fingerprint density at radius 1 is 1.16 bits per heavy atom. The molecule has 0 spiro atoms. The minimum Gasteiger partial charge on any atom is -0.611 e. The average Bonchev–Trinajstić information content (AvgIpc) is 2.36. The number of aromatic nitrogens is 1. The molecule has 0 aliphatic heterocycles. The van der Waals surface area contributed by atoms with Crippen LogP contribution in [0.4, 0.5) is 10.5 Å². The summed E-state index contributed by atoms with van der Waals surface area (Å²) in [7, 11) is 0. The molecule has 0 atom stereocenters. The number of hydrogen-bond acceptors (Lipinski definition) is 4. The predicted molar refractivity (Wildman–Crippen MR) is 88.8 cm³/mol. The van der Waals surface area contributed by atoms with Crippen molar-refractivity contribution >= 4 is 17.7 Å². The second-order valence-corrected chi connectivity index (χ2v) is 6.81. The Hall–Kier alpha value is -0.915. The van der Waals surface area contributed by atoms with Crippen LogP contribution in [0, 0.1) is 6.07 Å². The normalized spacial score (nSPS) is 10.6. The minimum atomic E-state index is -0.708. The number of carbonyl (C=O) groups is 2. The summed E-state index contributed by atoms with van der Waals surface area (Å²) in [6.45, 7) is 13.1. The van der Waals surface area contributed by atoms with Crippen LogP contribution < -0.4 is 37.7 Å². The number of pyridine rings is 1. The zero-order chi connectivity index (χ0) is 17.8. The third-order valence-corrected chi connectivity index (χ3v) is 2.85. The molecule has 0 aromatic carbocycles. The van der Waals surface area contributed by atoms with Crippen LogP contribution in [-0.4, -0.2) is 39.6 Å². The maximum absolute atomic E-state index is 12.5. The number of amides is 2. The summed E-state index contributed by atoms with van der Waals surface area (Å²) >= 11 is 0. The van der Waals surface area contributed by atoms with Crippen molar-refractivity contribution in [3.8, 4) is 0 Å². The topological polar surface area (TPSA) is 73.6 Å². The monoisotopic (exact) mass is 333 g/mol. The van der Waals surface area contributed by atoms with Gasteiger partial charge in [0, 0.05) is 17.8 Å². The summed E-state index contributed by atoms with van der Waals surface area (Å²) in [5.41, 5.74) is -0.106. The summed E-state index contributed by atoms with van der Waals surface area (Å²) in [6.07, 6.45) is 0.635. The van der Waals surface area contributed by atoms with Gasteiger partial charge in [-0.2, -0.15) is 6.07 Å². The molecule has 1 heterocycles. The Morgan fingerprint density at radius 3 is 2.04 bits per heavy atom. The Balaban J connectivity index is 0. The molecule has 8 heteroatoms. The van der Waals surface area contributed by atoms with Crippen LogP contribution in [0.3, 0.4) is 0 Å². The van der Waals surface area contributed by atoms with Crippen LogP contribution in [0.2, 0.25) is 0 Å². The first-order valence-electron chi connectivity index (χ1n) is 7.66. The van der Waals surface area contributed by atoms with Gasteiger partial charge in [-0.3, -0.25) is 9.59 Å². The first-order valence-corrected chi connectivity index (χ1v) is 7.66. The first-order chi connectivity index (χ1) is 10.5. The van der Waals surface area contributed by atoms with Crippen molar-refractivity contribution in [3.05, 3.63) is 29.3 Å². The number of ether oxygens (including phenoxy) is 1. The van der Waals surface area contributed by atoms with E-state index in [1.54, 1.807) is 25.7 Å². The molecule has 0 unspecified atom stereocenters. The molecule has 1 rings (SSSR count). The summed E-state index contributed by atoms with van der Waals surface area (Å²) < 4.78 is 5.09. The molecule has 0 saturated carbocycles. The van der Waals surface area contributed by atoms with Gasteiger partial charge < -0.3 is 19.9 Å². The van der Waals surface area contributed by atoms with Crippen LogP contribution >= 0.6 is 0 Å². The van der Waals surface area contributed by atoms with E-state index in [0.717, 1.165) is 0 Å². The van der Waals surface area contributed by atoms with Gasteiger partial charge in [0.1, 0.15) is 5.60 Å². The summed E-state index contributed by atoms with van der Waals surface area (Å²) in [4.78, 5) is 29.9. The smallest absolute Gasteiger partial charge is 0.611 e. The minimum absolute atomic E-state index is 0. The molecule has 0 radical (unpaired) electrons. The number of carbonyl (C=O) groups excluding carboxylic acids is 2. The van der Waals surface area contributed by atoms with E-state index in [2.05, 4.69) is 16.4 Å². The molecule has 0 aliphatic rings. The Morgan fingerprint density at radius 2 is 1.68 bits per heavy atom. The molecule has 0 aliphatic carbocycles. The van der Waals surface area contributed by atoms with Crippen molar-refractivity contribution < 1.29 is 52.0 Å². The molecule has 128 valence electrons. The van der Waals surface area contributed by atoms with Crippen LogP contribution in [0.1, 0.15) is 59.0 Å². The van der Waals surface area contributed by atoms with Gasteiger partial charge >= 0.3 is 37.7 Å². The fourth-order valence-corrected chi connectivity index (χ4v) is 2.11. The van der Waals surface area contributed by atoms with Gasteiger partial charge in [-0.15, -0.1) is 6.07 Å². The largest absolute Gasteiger partial charge is 1.00 e. The van der Waals surface area contributed by atoms with Crippen LogP contribution in [0.25, 0.3) is 5.32 Å². The van der Waals surface area contributed by atoms with Gasteiger partial charge in [-0.1, -0.05) is 6.20 Å². The number of nitrogens with zero attached hydrogens (tertiary/aromatic N) is 3. The Bertz CT molecular complexity index is 547. The molecular weight excluding hydrogens is 308 g/mol. The van der Waals surface area contributed by atoms with Crippen molar-refractivity contribution in [2.24, 2.45) is 0 Å². The average molecular weight is 333 g/mol. The third kappa shape index (κ3) is 8.83. The van der Waals surface area contributed by atoms with E-state index in [-0.39, 0.29) is 67.1 Å². The Labute approximate surface area is 174 Å². The third-order valence-electron chi connectivity index (χ3n) is 2.85. The van der Waals surface area contributed by atoms with E-state index >= 15 is 0 Å². The van der Waals surface area contributed by atoms with Crippen LogP contribution in [0.15, 0.2) is 12.3 Å². The summed E-state index contributed by atoms with van der Waals surface area (Å²) in [5, 5.41) is 3.76. The van der Waals surface area contributed by atoms with Gasteiger partial charge in [-0.25, -0.2) is 5.69 Å². The standard InChI is InChI=1S/C17H26N3O3.2Li/c1-11(2)20(12(3)4)15(21)14-9-8-13(10-18-14)19-16(22)23-17(5,6)7;;/h9-12H,1-7H3,(H,19,21,22);;/q-1;2*+1/p-1. The van der Waals surface area contributed by atoms with E-state index in [1.165, 1.54) is 12.3 Å². The molecule has 6 nitrogen and oxygen atoms in total. The van der Waals surface area contributed by atoms with Crippen molar-refractivity contribution in [2.45, 2.75) is 66.2 Å². The van der Waals surface area contributed by atoms with Gasteiger partial charge in [0.2, 0.25) is 12.0 Å². The first kappa shape index (κ1) is 26.3. The molecule has 2 amide bonds. The summed E-state index contributed by atoms with van der Waals surface area (Å²) in [6, 6.07) is 4.37. The number of hydrogen-bond donors (Lipinski definition) is 0. The van der Waals surface area contributed by atoms with Crippen molar-refractivity contribution in [1.82, 2.24) is 9.88 Å². The molecule has 25 heavy (non-hydrogen) atoms. The molecule has 0 N–H and O–H groups in total.